The highest BCUT2D eigenvalue weighted by Gasteiger charge is 2.29. The molecule has 1 fully saturated rings. The second-order valence-corrected chi connectivity index (χ2v) is 6.91. The van der Waals surface area contributed by atoms with Gasteiger partial charge < -0.3 is 10.0 Å². The van der Waals surface area contributed by atoms with Crippen LogP contribution in [-0.4, -0.2) is 29.0 Å². The molecule has 1 amide bonds. The zero-order chi connectivity index (χ0) is 17.7. The minimum Gasteiger partial charge on any atom is -0.385 e. The van der Waals surface area contributed by atoms with Gasteiger partial charge in [0.1, 0.15) is 0 Å². The van der Waals surface area contributed by atoms with E-state index in [0.29, 0.717) is 0 Å². The Morgan fingerprint density at radius 3 is 2.20 bits per heavy atom. The molecule has 0 bridgehead atoms. The van der Waals surface area contributed by atoms with Crippen LogP contribution in [0.1, 0.15) is 37.3 Å². The summed E-state index contributed by atoms with van der Waals surface area (Å²) in [4.78, 5) is 14.5. The molecule has 1 N–H and O–H groups in total. The average Bonchev–Trinajstić information content (AvgIpc) is 2.63. The van der Waals surface area contributed by atoms with Gasteiger partial charge in [0.15, 0.2) is 0 Å². The molecule has 1 aliphatic rings. The van der Waals surface area contributed by atoms with Crippen LogP contribution in [0.2, 0.25) is 0 Å². The van der Waals surface area contributed by atoms with Gasteiger partial charge in [-0.1, -0.05) is 72.3 Å². The van der Waals surface area contributed by atoms with Gasteiger partial charge in [0.2, 0.25) is 5.91 Å². The van der Waals surface area contributed by atoms with Crippen molar-refractivity contribution in [2.24, 2.45) is 0 Å². The summed E-state index contributed by atoms with van der Waals surface area (Å²) in [5, 5.41) is 10.7. The van der Waals surface area contributed by atoms with Crippen molar-refractivity contribution in [3.63, 3.8) is 0 Å². The number of likely N-dealkylation sites (tertiary alicyclic amines) is 1. The van der Waals surface area contributed by atoms with E-state index in [-0.39, 0.29) is 12.3 Å². The maximum absolute atomic E-state index is 12.6. The first-order valence-electron chi connectivity index (χ1n) is 8.85. The van der Waals surface area contributed by atoms with Gasteiger partial charge in [0.25, 0.3) is 0 Å². The lowest BCUT2D eigenvalue weighted by Crippen LogP contribution is -2.40. The van der Waals surface area contributed by atoms with Crippen LogP contribution in [0.5, 0.6) is 0 Å². The number of benzene rings is 2. The number of nitrogens with zero attached hydrogens (tertiary/aromatic N) is 1. The maximum atomic E-state index is 12.6. The zero-order valence-electron chi connectivity index (χ0n) is 14.7. The van der Waals surface area contributed by atoms with Gasteiger partial charge in [-0.3, -0.25) is 4.79 Å². The average molecular weight is 335 g/mol. The first kappa shape index (κ1) is 17.4. The van der Waals surface area contributed by atoms with Crippen molar-refractivity contribution in [3.8, 4) is 0 Å². The first-order valence-corrected chi connectivity index (χ1v) is 8.85. The number of rotatable bonds is 4. The molecule has 25 heavy (non-hydrogen) atoms. The van der Waals surface area contributed by atoms with Crippen LogP contribution in [0.15, 0.2) is 66.2 Å². The Kier molecular flexibility index (Phi) is 5.34. The Balaban J connectivity index is 1.58. The molecule has 2 aromatic carbocycles. The fraction of sp³-hybridized carbons (Fsp3) is 0.318. The number of hydrogen-bond donors (Lipinski definition) is 1. The van der Waals surface area contributed by atoms with E-state index in [4.69, 9.17) is 0 Å². The molecule has 0 radical (unpaired) electrons. The Labute approximate surface area is 149 Å². The van der Waals surface area contributed by atoms with E-state index < -0.39 is 5.60 Å². The Morgan fingerprint density at radius 2 is 1.60 bits per heavy atom. The predicted octanol–water partition coefficient (Wildman–Crippen LogP) is 3.99. The molecule has 1 unspecified atom stereocenters. The summed E-state index contributed by atoms with van der Waals surface area (Å²) in [6, 6.07) is 19.7. The van der Waals surface area contributed by atoms with Crippen molar-refractivity contribution in [1.82, 2.24) is 4.90 Å². The van der Waals surface area contributed by atoms with E-state index in [2.05, 4.69) is 18.2 Å². The molecule has 2 aromatic rings. The quantitative estimate of drug-likeness (QED) is 0.918. The number of carbonyl (C=O) groups excluding carboxylic acids is 1. The first-order chi connectivity index (χ1) is 12.0. The Morgan fingerprint density at radius 1 is 1.04 bits per heavy atom. The minimum absolute atomic E-state index is 0.0209. The predicted molar refractivity (Wildman–Crippen MR) is 101 cm³/mol. The molecule has 1 aliphatic heterocycles. The summed E-state index contributed by atoms with van der Waals surface area (Å²) in [5.74, 6) is 0.0209. The molecule has 130 valence electrons. The van der Waals surface area contributed by atoms with Crippen LogP contribution in [0.3, 0.4) is 0 Å². The van der Waals surface area contributed by atoms with E-state index in [0.717, 1.165) is 31.5 Å². The number of aliphatic hydroxyl groups is 1. The van der Waals surface area contributed by atoms with Gasteiger partial charge in [-0.15, -0.1) is 0 Å². The summed E-state index contributed by atoms with van der Waals surface area (Å²) in [5.41, 5.74) is 2.25. The second-order valence-electron chi connectivity index (χ2n) is 6.91. The monoisotopic (exact) mass is 335 g/mol. The molecule has 0 aliphatic carbocycles. The molecule has 0 aromatic heterocycles. The fourth-order valence-electron chi connectivity index (χ4n) is 3.28. The molecule has 1 atom stereocenters. The molecule has 1 saturated heterocycles. The van der Waals surface area contributed by atoms with Crippen LogP contribution < -0.4 is 0 Å². The van der Waals surface area contributed by atoms with Crippen molar-refractivity contribution in [3.05, 3.63) is 77.4 Å². The van der Waals surface area contributed by atoms with Gasteiger partial charge in [-0.25, -0.2) is 0 Å². The fourth-order valence-corrected chi connectivity index (χ4v) is 3.28. The number of amides is 1. The third kappa shape index (κ3) is 4.58. The van der Waals surface area contributed by atoms with E-state index in [1.54, 1.807) is 6.92 Å². The highest BCUT2D eigenvalue weighted by molar-refractivity contribution is 5.77. The van der Waals surface area contributed by atoms with Crippen LogP contribution in [0, 0.1) is 0 Å². The Bertz CT molecular complexity index is 725. The van der Waals surface area contributed by atoms with Crippen molar-refractivity contribution in [2.75, 3.05) is 13.1 Å². The van der Waals surface area contributed by atoms with Crippen molar-refractivity contribution in [2.45, 2.75) is 31.8 Å². The van der Waals surface area contributed by atoms with Gasteiger partial charge in [0.05, 0.1) is 12.0 Å². The smallest absolute Gasteiger partial charge is 0.225 e. The molecule has 1 heterocycles. The molecule has 3 rings (SSSR count). The zero-order valence-corrected chi connectivity index (χ0v) is 14.7. The molecular formula is C22H25NO2. The summed E-state index contributed by atoms with van der Waals surface area (Å²) >= 11 is 0. The molecule has 0 spiro atoms. The highest BCUT2D eigenvalue weighted by atomic mass is 16.3. The standard InChI is InChI=1S/C22H25NO2/c1-22(25,20-10-6-3-7-11-20)17-21(24)23-14-12-19(13-15-23)16-18-8-4-2-5-9-18/h2-11,16,25H,12-15,17H2,1H3. The third-order valence-electron chi connectivity index (χ3n) is 4.82. The van der Waals surface area contributed by atoms with E-state index in [1.165, 1.54) is 11.1 Å². The highest BCUT2D eigenvalue weighted by Crippen LogP contribution is 2.27. The summed E-state index contributed by atoms with van der Waals surface area (Å²) in [6.45, 7) is 3.16. The SMILES string of the molecule is CC(O)(CC(=O)N1CCC(=Cc2ccccc2)CC1)c1ccccc1. The summed E-state index contributed by atoms with van der Waals surface area (Å²) < 4.78 is 0. The van der Waals surface area contributed by atoms with Gasteiger partial charge in [-0.2, -0.15) is 0 Å². The van der Waals surface area contributed by atoms with E-state index in [1.807, 2.05) is 53.4 Å². The number of carbonyl (C=O) groups is 1. The molecule has 3 nitrogen and oxygen atoms in total. The maximum Gasteiger partial charge on any atom is 0.225 e. The van der Waals surface area contributed by atoms with Crippen LogP contribution in [0.25, 0.3) is 6.08 Å². The normalized spacial score (nSPS) is 17.0. The van der Waals surface area contributed by atoms with Crippen LogP contribution in [0.4, 0.5) is 0 Å². The topological polar surface area (TPSA) is 40.5 Å². The Hall–Kier alpha value is -2.39. The summed E-state index contributed by atoms with van der Waals surface area (Å²) in [7, 11) is 0. The lowest BCUT2D eigenvalue weighted by atomic mass is 9.91. The number of hydrogen-bond acceptors (Lipinski definition) is 2. The minimum atomic E-state index is -1.13. The molecule has 0 saturated carbocycles. The second kappa shape index (κ2) is 7.66. The molecular weight excluding hydrogens is 310 g/mol. The van der Waals surface area contributed by atoms with Crippen molar-refractivity contribution < 1.29 is 9.90 Å². The van der Waals surface area contributed by atoms with Crippen molar-refractivity contribution >= 4 is 12.0 Å². The largest absolute Gasteiger partial charge is 0.385 e. The number of piperidine rings is 1. The van der Waals surface area contributed by atoms with E-state index >= 15 is 0 Å². The molecule has 3 heteroatoms. The van der Waals surface area contributed by atoms with Gasteiger partial charge >= 0.3 is 0 Å². The summed E-state index contributed by atoms with van der Waals surface area (Å²) in [6.07, 6.45) is 4.14. The lowest BCUT2D eigenvalue weighted by molar-refractivity contribution is -0.136. The lowest BCUT2D eigenvalue weighted by Gasteiger charge is -2.32. The van der Waals surface area contributed by atoms with Gasteiger partial charge in [-0.05, 0) is 30.9 Å². The van der Waals surface area contributed by atoms with Crippen LogP contribution >= 0.6 is 0 Å². The van der Waals surface area contributed by atoms with Crippen molar-refractivity contribution in [1.29, 1.82) is 0 Å². The van der Waals surface area contributed by atoms with Crippen LogP contribution in [-0.2, 0) is 10.4 Å². The van der Waals surface area contributed by atoms with E-state index in [9.17, 15) is 9.90 Å². The van der Waals surface area contributed by atoms with Gasteiger partial charge in [0, 0.05) is 13.1 Å². The third-order valence-corrected chi connectivity index (χ3v) is 4.82.